The van der Waals surface area contributed by atoms with Gasteiger partial charge >= 0.3 is 0 Å². The van der Waals surface area contributed by atoms with Crippen molar-refractivity contribution < 1.29 is 0 Å². The van der Waals surface area contributed by atoms with E-state index in [9.17, 15) is 0 Å². The first kappa shape index (κ1) is 8.68. The van der Waals surface area contributed by atoms with Crippen LogP contribution < -0.4 is 0 Å². The van der Waals surface area contributed by atoms with Crippen molar-refractivity contribution in [1.82, 2.24) is 9.97 Å². The zero-order chi connectivity index (χ0) is 10.1. The van der Waals surface area contributed by atoms with E-state index in [4.69, 9.17) is 0 Å². The summed E-state index contributed by atoms with van der Waals surface area (Å²) in [5.74, 6) is 0. The molecule has 0 radical (unpaired) electrons. The third-order valence-corrected chi connectivity index (χ3v) is 3.47. The van der Waals surface area contributed by atoms with Crippen LogP contribution in [0.4, 0.5) is 0 Å². The summed E-state index contributed by atoms with van der Waals surface area (Å²) < 4.78 is 0. The molecule has 15 heavy (non-hydrogen) atoms. The molecule has 0 aliphatic carbocycles. The predicted octanol–water partition coefficient (Wildman–Crippen LogP) is 3.11. The molecule has 0 atom stereocenters. The minimum Gasteiger partial charge on any atom is -0.264 e. The molecule has 2 nitrogen and oxygen atoms in total. The van der Waals surface area contributed by atoms with E-state index in [-0.39, 0.29) is 0 Å². The molecule has 0 amide bonds. The Bertz CT molecular complexity index is 487. The SMILES string of the molecule is C1=Cc2cnccc2Sc2ccncc21. The third kappa shape index (κ3) is 1.55. The van der Waals surface area contributed by atoms with Gasteiger partial charge in [-0.25, -0.2) is 0 Å². The second-order valence-electron chi connectivity index (χ2n) is 3.26. The summed E-state index contributed by atoms with van der Waals surface area (Å²) in [6.07, 6.45) is 11.6. The number of nitrogens with zero attached hydrogens (tertiary/aromatic N) is 2. The van der Waals surface area contributed by atoms with Crippen LogP contribution in [-0.4, -0.2) is 9.97 Å². The first-order valence-electron chi connectivity index (χ1n) is 4.67. The highest BCUT2D eigenvalue weighted by atomic mass is 32.2. The van der Waals surface area contributed by atoms with E-state index in [1.54, 1.807) is 11.8 Å². The molecule has 3 heterocycles. The van der Waals surface area contributed by atoms with Crippen LogP contribution in [0.1, 0.15) is 11.1 Å². The molecule has 0 N–H and O–H groups in total. The minimum atomic E-state index is 1.17. The van der Waals surface area contributed by atoms with Crippen LogP contribution in [-0.2, 0) is 0 Å². The monoisotopic (exact) mass is 212 g/mol. The zero-order valence-electron chi connectivity index (χ0n) is 7.92. The molecule has 3 heteroatoms. The Balaban J connectivity index is 2.19. The van der Waals surface area contributed by atoms with E-state index in [2.05, 4.69) is 22.1 Å². The molecule has 72 valence electrons. The van der Waals surface area contributed by atoms with Crippen molar-refractivity contribution >= 4 is 23.9 Å². The summed E-state index contributed by atoms with van der Waals surface area (Å²) in [5, 5.41) is 0. The number of hydrogen-bond acceptors (Lipinski definition) is 3. The van der Waals surface area contributed by atoms with Crippen LogP contribution >= 0.6 is 11.8 Å². The predicted molar refractivity (Wildman–Crippen MR) is 61.5 cm³/mol. The molecule has 2 aromatic rings. The molecule has 0 fully saturated rings. The summed E-state index contributed by atoms with van der Waals surface area (Å²) >= 11 is 1.76. The normalized spacial score (nSPS) is 12.8. The minimum absolute atomic E-state index is 1.17. The molecule has 2 aromatic heterocycles. The molecule has 0 bridgehead atoms. The van der Waals surface area contributed by atoms with Crippen molar-refractivity contribution in [3.8, 4) is 0 Å². The van der Waals surface area contributed by atoms with Crippen LogP contribution in [0.25, 0.3) is 12.2 Å². The van der Waals surface area contributed by atoms with Crippen molar-refractivity contribution in [2.24, 2.45) is 0 Å². The summed E-state index contributed by atoms with van der Waals surface area (Å²) in [6.45, 7) is 0. The molecule has 1 aliphatic rings. The lowest BCUT2D eigenvalue weighted by molar-refractivity contribution is 1.23. The fraction of sp³-hybridized carbons (Fsp3) is 0. The van der Waals surface area contributed by atoms with Crippen molar-refractivity contribution in [2.75, 3.05) is 0 Å². The van der Waals surface area contributed by atoms with Gasteiger partial charge in [0.1, 0.15) is 0 Å². The van der Waals surface area contributed by atoms with Crippen molar-refractivity contribution in [3.05, 3.63) is 48.0 Å². The largest absolute Gasteiger partial charge is 0.264 e. The van der Waals surface area contributed by atoms with Crippen LogP contribution in [0.15, 0.2) is 46.7 Å². The quantitative estimate of drug-likeness (QED) is 0.572. The maximum atomic E-state index is 4.12. The van der Waals surface area contributed by atoms with Gasteiger partial charge in [-0.15, -0.1) is 0 Å². The van der Waals surface area contributed by atoms with Gasteiger partial charge in [0.2, 0.25) is 0 Å². The second kappa shape index (κ2) is 3.51. The lowest BCUT2D eigenvalue weighted by Crippen LogP contribution is -1.81. The average Bonchev–Trinajstić information content (AvgIpc) is 2.48. The van der Waals surface area contributed by atoms with E-state index in [1.807, 2.05) is 36.9 Å². The Morgan fingerprint density at radius 3 is 1.87 bits per heavy atom. The number of fused-ring (bicyclic) bond motifs is 2. The van der Waals surface area contributed by atoms with Crippen molar-refractivity contribution in [3.63, 3.8) is 0 Å². The molecule has 0 spiro atoms. The van der Waals surface area contributed by atoms with E-state index in [1.165, 1.54) is 20.9 Å². The third-order valence-electron chi connectivity index (χ3n) is 2.28. The van der Waals surface area contributed by atoms with Crippen molar-refractivity contribution in [1.29, 1.82) is 0 Å². The van der Waals surface area contributed by atoms with Gasteiger partial charge in [-0.2, -0.15) is 0 Å². The molecule has 0 unspecified atom stereocenters. The molecule has 1 aliphatic heterocycles. The Hall–Kier alpha value is -1.61. The van der Waals surface area contributed by atoms with E-state index in [0.29, 0.717) is 0 Å². The number of aromatic nitrogens is 2. The van der Waals surface area contributed by atoms with Gasteiger partial charge in [-0.05, 0) is 12.1 Å². The van der Waals surface area contributed by atoms with Crippen LogP contribution in [0.3, 0.4) is 0 Å². The fourth-order valence-electron chi connectivity index (χ4n) is 1.52. The molecule has 3 rings (SSSR count). The maximum Gasteiger partial charge on any atom is 0.0351 e. The summed E-state index contributed by atoms with van der Waals surface area (Å²) in [4.78, 5) is 10.7. The topological polar surface area (TPSA) is 25.8 Å². The molecular formula is C12H8N2S. The zero-order valence-corrected chi connectivity index (χ0v) is 8.74. The van der Waals surface area contributed by atoms with Gasteiger partial charge in [0, 0.05) is 45.7 Å². The molecule has 0 saturated heterocycles. The Labute approximate surface area is 92.1 Å². The first-order chi connectivity index (χ1) is 7.43. The van der Waals surface area contributed by atoms with Gasteiger partial charge in [0.15, 0.2) is 0 Å². The number of pyridine rings is 2. The van der Waals surface area contributed by atoms with Crippen LogP contribution in [0.5, 0.6) is 0 Å². The Morgan fingerprint density at radius 1 is 0.800 bits per heavy atom. The Morgan fingerprint density at radius 2 is 1.33 bits per heavy atom. The average molecular weight is 212 g/mol. The lowest BCUT2D eigenvalue weighted by atomic mass is 10.2. The summed E-state index contributed by atoms with van der Waals surface area (Å²) in [5.41, 5.74) is 2.33. The lowest BCUT2D eigenvalue weighted by Gasteiger charge is -2.03. The highest BCUT2D eigenvalue weighted by molar-refractivity contribution is 7.99. The van der Waals surface area contributed by atoms with Crippen LogP contribution in [0.2, 0.25) is 0 Å². The van der Waals surface area contributed by atoms with Crippen molar-refractivity contribution in [2.45, 2.75) is 9.79 Å². The number of rotatable bonds is 0. The standard InChI is InChI=1S/C12H8N2S/c1-2-10-8-14-6-4-12(10)15-11-3-5-13-7-9(1)11/h1-8H. The van der Waals surface area contributed by atoms with E-state index < -0.39 is 0 Å². The fourth-order valence-corrected chi connectivity index (χ4v) is 2.49. The van der Waals surface area contributed by atoms with Gasteiger partial charge in [0.05, 0.1) is 0 Å². The molecule has 0 saturated carbocycles. The first-order valence-corrected chi connectivity index (χ1v) is 5.49. The Kier molecular flexibility index (Phi) is 2.03. The van der Waals surface area contributed by atoms with Crippen LogP contribution in [0, 0.1) is 0 Å². The van der Waals surface area contributed by atoms with Gasteiger partial charge in [0.25, 0.3) is 0 Å². The van der Waals surface area contributed by atoms with Gasteiger partial charge in [-0.3, -0.25) is 9.97 Å². The maximum absolute atomic E-state index is 4.12. The van der Waals surface area contributed by atoms with E-state index >= 15 is 0 Å². The summed E-state index contributed by atoms with van der Waals surface area (Å²) in [7, 11) is 0. The highest BCUT2D eigenvalue weighted by Crippen LogP contribution is 2.35. The smallest absolute Gasteiger partial charge is 0.0351 e. The van der Waals surface area contributed by atoms with Gasteiger partial charge < -0.3 is 0 Å². The summed E-state index contributed by atoms with van der Waals surface area (Å²) in [6, 6.07) is 4.08. The molecule has 0 aromatic carbocycles. The number of hydrogen-bond donors (Lipinski definition) is 0. The second-order valence-corrected chi connectivity index (χ2v) is 4.35. The highest BCUT2D eigenvalue weighted by Gasteiger charge is 2.08. The van der Waals surface area contributed by atoms with E-state index in [0.717, 1.165) is 0 Å². The van der Waals surface area contributed by atoms with Gasteiger partial charge in [-0.1, -0.05) is 23.9 Å². The molecular weight excluding hydrogens is 204 g/mol.